The molecular weight excluding hydrogens is 545 g/mol. The molecule has 3 heterocycles. The molecular formula is C20H17F3N4O6S3. The Labute approximate surface area is 210 Å². The number of rotatable bonds is 8. The highest BCUT2D eigenvalue weighted by Crippen LogP contribution is 2.34. The summed E-state index contributed by atoms with van der Waals surface area (Å²) in [4.78, 5) is 34.1. The first kappa shape index (κ1) is 26.0. The van der Waals surface area contributed by atoms with Gasteiger partial charge in [0.15, 0.2) is 5.13 Å². The first-order chi connectivity index (χ1) is 17.0. The summed E-state index contributed by atoms with van der Waals surface area (Å²) in [5.41, 5.74) is -4.10. The number of ether oxygens (including phenoxy) is 1. The van der Waals surface area contributed by atoms with Gasteiger partial charge in [0, 0.05) is 5.38 Å². The lowest BCUT2D eigenvalue weighted by Gasteiger charge is -2.11. The molecule has 0 saturated carbocycles. The monoisotopic (exact) mass is 562 g/mol. The van der Waals surface area contributed by atoms with E-state index in [-0.39, 0.29) is 31.3 Å². The Bertz CT molecular complexity index is 1390. The minimum atomic E-state index is -5.47. The summed E-state index contributed by atoms with van der Waals surface area (Å²) in [5, 5.41) is 14.4. The highest BCUT2D eigenvalue weighted by molar-refractivity contribution is 7.92. The molecule has 0 radical (unpaired) electrons. The molecule has 1 aliphatic heterocycles. The number of aromatic nitrogens is 2. The largest absolute Gasteiger partial charge is 0.501 e. The highest BCUT2D eigenvalue weighted by atomic mass is 32.2. The number of anilines is 1. The Morgan fingerprint density at radius 3 is 2.56 bits per heavy atom. The predicted molar refractivity (Wildman–Crippen MR) is 123 cm³/mol. The molecule has 1 aromatic carbocycles. The summed E-state index contributed by atoms with van der Waals surface area (Å²) in [6, 6.07) is 3.87. The van der Waals surface area contributed by atoms with E-state index in [0.717, 1.165) is 35.6 Å². The number of nitrogens with zero attached hydrogens (tertiary/aromatic N) is 3. The number of halogens is 3. The Morgan fingerprint density at radius 2 is 1.94 bits per heavy atom. The van der Waals surface area contributed by atoms with E-state index in [2.05, 4.69) is 15.3 Å². The molecule has 16 heteroatoms. The van der Waals surface area contributed by atoms with Crippen LogP contribution >= 0.6 is 22.7 Å². The molecule has 1 fully saturated rings. The van der Waals surface area contributed by atoms with Crippen LogP contribution in [0.4, 0.5) is 23.1 Å². The maximum absolute atomic E-state index is 12.7. The lowest BCUT2D eigenvalue weighted by molar-refractivity contribution is -0.115. The van der Waals surface area contributed by atoms with Crippen molar-refractivity contribution in [1.29, 1.82) is 0 Å². The zero-order valence-electron chi connectivity index (χ0n) is 18.1. The van der Waals surface area contributed by atoms with Crippen LogP contribution in [0.5, 0.6) is 0 Å². The molecule has 0 spiro atoms. The number of aliphatic hydroxyl groups is 1. The van der Waals surface area contributed by atoms with Crippen molar-refractivity contribution in [2.45, 2.75) is 30.0 Å². The maximum atomic E-state index is 12.7. The van der Waals surface area contributed by atoms with Crippen LogP contribution < -0.4 is 5.32 Å². The molecule has 2 amide bonds. The third-order valence-electron chi connectivity index (χ3n) is 4.95. The van der Waals surface area contributed by atoms with E-state index in [1.165, 1.54) is 16.2 Å². The quantitative estimate of drug-likeness (QED) is 0.427. The smallest absolute Gasteiger partial charge is 0.448 e. The van der Waals surface area contributed by atoms with E-state index >= 15 is 0 Å². The van der Waals surface area contributed by atoms with Gasteiger partial charge in [-0.3, -0.25) is 9.69 Å². The number of hydrogen-bond acceptors (Lipinski definition) is 10. The molecule has 2 N–H and O–H groups in total. The van der Waals surface area contributed by atoms with Gasteiger partial charge in [-0.2, -0.15) is 13.2 Å². The number of benzene rings is 1. The number of amides is 2. The van der Waals surface area contributed by atoms with Crippen molar-refractivity contribution in [2.75, 3.05) is 18.5 Å². The van der Waals surface area contributed by atoms with Crippen LogP contribution in [0.1, 0.15) is 16.3 Å². The zero-order chi connectivity index (χ0) is 26.1. The van der Waals surface area contributed by atoms with Gasteiger partial charge in [0.1, 0.15) is 11.6 Å². The SMILES string of the molecule is O=C(Cc1ccc(S(=O)(=O)C(F)(F)F)cc1)Nc1nc(-c2sc(CO)nc2CN2CCOC2=O)cs1. The Balaban J connectivity index is 1.43. The number of nitrogens with one attached hydrogen (secondary N) is 1. The summed E-state index contributed by atoms with van der Waals surface area (Å²) in [6.45, 7) is 0.563. The fraction of sp³-hybridized carbons (Fsp3) is 0.300. The van der Waals surface area contributed by atoms with Crippen LogP contribution in [0, 0.1) is 0 Å². The molecule has 0 unspecified atom stereocenters. The van der Waals surface area contributed by atoms with Crippen LogP contribution in [-0.4, -0.2) is 59.1 Å². The second-order valence-electron chi connectivity index (χ2n) is 7.43. The molecule has 1 saturated heterocycles. The van der Waals surface area contributed by atoms with Gasteiger partial charge in [0.25, 0.3) is 9.84 Å². The molecule has 1 aliphatic rings. The van der Waals surface area contributed by atoms with Crippen LogP contribution in [0.2, 0.25) is 0 Å². The first-order valence-corrected chi connectivity index (χ1v) is 13.3. The van der Waals surface area contributed by atoms with Gasteiger partial charge in [-0.25, -0.2) is 23.2 Å². The number of alkyl halides is 3. The normalized spacial score (nSPS) is 14.2. The lowest BCUT2D eigenvalue weighted by atomic mass is 10.1. The average Bonchev–Trinajstić information content (AvgIpc) is 3.54. The molecule has 36 heavy (non-hydrogen) atoms. The molecule has 10 nitrogen and oxygen atoms in total. The van der Waals surface area contributed by atoms with E-state index in [0.29, 0.717) is 33.4 Å². The first-order valence-electron chi connectivity index (χ1n) is 10.1. The van der Waals surface area contributed by atoms with Gasteiger partial charge in [-0.05, 0) is 17.7 Å². The number of carbonyl (C=O) groups excluding carboxylic acids is 2. The summed E-state index contributed by atoms with van der Waals surface area (Å²) in [6.07, 6.45) is -0.687. The van der Waals surface area contributed by atoms with Crippen molar-refractivity contribution in [3.63, 3.8) is 0 Å². The van der Waals surface area contributed by atoms with Gasteiger partial charge in [0.05, 0.1) is 47.3 Å². The summed E-state index contributed by atoms with van der Waals surface area (Å²) in [7, 11) is -5.47. The number of hydrogen-bond donors (Lipinski definition) is 2. The second-order valence-corrected chi connectivity index (χ2v) is 11.3. The van der Waals surface area contributed by atoms with Crippen molar-refractivity contribution in [3.05, 3.63) is 45.9 Å². The number of cyclic esters (lactones) is 1. The van der Waals surface area contributed by atoms with Gasteiger partial charge >= 0.3 is 11.6 Å². The zero-order valence-corrected chi connectivity index (χ0v) is 20.6. The number of sulfone groups is 1. The summed E-state index contributed by atoms with van der Waals surface area (Å²) >= 11 is 2.32. The van der Waals surface area contributed by atoms with Gasteiger partial charge < -0.3 is 15.2 Å². The third-order valence-corrected chi connectivity index (χ3v) is 8.31. The molecule has 3 aromatic rings. The van der Waals surface area contributed by atoms with Crippen LogP contribution in [0.25, 0.3) is 10.6 Å². The maximum Gasteiger partial charge on any atom is 0.501 e. The molecule has 0 aliphatic carbocycles. The van der Waals surface area contributed by atoms with E-state index in [1.807, 2.05) is 0 Å². The van der Waals surface area contributed by atoms with Gasteiger partial charge in [-0.1, -0.05) is 12.1 Å². The minimum Gasteiger partial charge on any atom is -0.448 e. The van der Waals surface area contributed by atoms with E-state index in [9.17, 15) is 36.3 Å². The molecule has 4 rings (SSSR count). The fourth-order valence-corrected chi connectivity index (χ4v) is 5.68. The van der Waals surface area contributed by atoms with Crippen molar-refractivity contribution in [2.24, 2.45) is 0 Å². The standard InChI is InChI=1S/C20H17F3N4O6S3/c21-20(22,23)36(31,32)12-3-1-11(2-4-12)7-15(29)26-18-25-14(10-34-18)17-13(24-16(9-28)35-17)8-27-5-6-33-19(27)30/h1-4,10,28H,5-9H2,(H,25,26,29). The Kier molecular flexibility index (Phi) is 7.31. The number of thiazole rings is 2. The fourth-order valence-electron chi connectivity index (χ4n) is 3.23. The number of aliphatic hydroxyl groups excluding tert-OH is 1. The Morgan fingerprint density at radius 1 is 1.22 bits per heavy atom. The van der Waals surface area contributed by atoms with Crippen molar-refractivity contribution >= 4 is 49.6 Å². The highest BCUT2D eigenvalue weighted by Gasteiger charge is 2.46. The molecule has 192 valence electrons. The predicted octanol–water partition coefficient (Wildman–Crippen LogP) is 3.19. The molecule has 0 atom stereocenters. The number of carbonyl (C=O) groups is 2. The Hall–Kier alpha value is -3.08. The summed E-state index contributed by atoms with van der Waals surface area (Å²) < 4.78 is 65.8. The molecule has 2 aromatic heterocycles. The molecule has 0 bridgehead atoms. The van der Waals surface area contributed by atoms with E-state index in [4.69, 9.17) is 4.74 Å². The lowest BCUT2D eigenvalue weighted by Crippen LogP contribution is -2.24. The third kappa shape index (κ3) is 5.50. The van der Waals surface area contributed by atoms with Crippen LogP contribution in [-0.2, 0) is 38.9 Å². The van der Waals surface area contributed by atoms with Crippen molar-refractivity contribution in [1.82, 2.24) is 14.9 Å². The van der Waals surface area contributed by atoms with Gasteiger partial charge in [-0.15, -0.1) is 22.7 Å². The average molecular weight is 563 g/mol. The topological polar surface area (TPSA) is 139 Å². The van der Waals surface area contributed by atoms with Crippen molar-refractivity contribution < 1.29 is 41.0 Å². The van der Waals surface area contributed by atoms with Gasteiger partial charge in [0.2, 0.25) is 5.91 Å². The minimum absolute atomic E-state index is 0.171. The van der Waals surface area contributed by atoms with Crippen LogP contribution in [0.15, 0.2) is 34.5 Å². The van der Waals surface area contributed by atoms with Crippen LogP contribution in [0.3, 0.4) is 0 Å². The van der Waals surface area contributed by atoms with E-state index in [1.54, 1.807) is 5.38 Å². The second kappa shape index (κ2) is 10.1. The van der Waals surface area contributed by atoms with E-state index < -0.39 is 32.2 Å². The van der Waals surface area contributed by atoms with Crippen molar-refractivity contribution in [3.8, 4) is 10.6 Å². The summed E-state index contributed by atoms with van der Waals surface area (Å²) in [5.74, 6) is -0.511.